The fourth-order valence-corrected chi connectivity index (χ4v) is 5.71. The van der Waals surface area contributed by atoms with E-state index in [9.17, 15) is 52.8 Å². The number of sulfonamides is 2. The molecular formula is C28H34F6N2O8S2. The lowest BCUT2D eigenvalue weighted by Gasteiger charge is -2.27. The van der Waals surface area contributed by atoms with E-state index in [4.69, 9.17) is 9.47 Å². The average molecular weight is 705 g/mol. The first-order valence-corrected chi connectivity index (χ1v) is 17.0. The van der Waals surface area contributed by atoms with Gasteiger partial charge in [0, 0.05) is 0 Å². The second-order valence-electron chi connectivity index (χ2n) is 9.85. The zero-order chi connectivity index (χ0) is 34.8. The number of amides is 2. The van der Waals surface area contributed by atoms with Crippen LogP contribution in [-0.2, 0) is 29.6 Å². The highest BCUT2D eigenvalue weighted by atomic mass is 32.2. The first-order valence-electron chi connectivity index (χ1n) is 14.2. The number of alkyl halides is 6. The second-order valence-corrected chi connectivity index (χ2v) is 13.4. The second kappa shape index (κ2) is 16.3. The molecule has 258 valence electrons. The highest BCUT2D eigenvalue weighted by molar-refractivity contribution is 7.95. The lowest BCUT2D eigenvalue weighted by molar-refractivity contribution is -0.135. The number of unbranched alkanes of at least 4 members (excludes halogenated alkanes) is 6. The maximum absolute atomic E-state index is 13.7. The molecule has 0 saturated carbocycles. The number of anilines is 2. The van der Waals surface area contributed by atoms with E-state index < -0.39 is 62.9 Å². The van der Waals surface area contributed by atoms with Crippen LogP contribution < -0.4 is 18.1 Å². The van der Waals surface area contributed by atoms with Crippen LogP contribution in [0.2, 0.25) is 0 Å². The van der Waals surface area contributed by atoms with Crippen LogP contribution in [0.4, 0.5) is 37.7 Å². The molecule has 0 spiro atoms. The van der Waals surface area contributed by atoms with Crippen molar-refractivity contribution in [1.82, 2.24) is 0 Å². The minimum absolute atomic E-state index is 0.0392. The third-order valence-electron chi connectivity index (χ3n) is 6.29. The number of benzene rings is 2. The average Bonchev–Trinajstić information content (AvgIpc) is 2.97. The van der Waals surface area contributed by atoms with Gasteiger partial charge >= 0.3 is 42.9 Å². The van der Waals surface area contributed by atoms with Gasteiger partial charge in [-0.25, -0.2) is 0 Å². The van der Waals surface area contributed by atoms with Crippen molar-refractivity contribution in [3.05, 3.63) is 48.5 Å². The molecule has 0 radical (unpaired) electrons. The van der Waals surface area contributed by atoms with Gasteiger partial charge in [-0.15, -0.1) is 0 Å². The molecule has 2 amide bonds. The van der Waals surface area contributed by atoms with Crippen molar-refractivity contribution in [3.8, 4) is 11.5 Å². The van der Waals surface area contributed by atoms with Crippen molar-refractivity contribution >= 4 is 43.2 Å². The molecule has 18 heteroatoms. The van der Waals surface area contributed by atoms with Crippen LogP contribution in [0.15, 0.2) is 48.5 Å². The molecule has 2 aromatic rings. The lowest BCUT2D eigenvalue weighted by Crippen LogP contribution is -2.54. The number of hydrogen-bond donors (Lipinski definition) is 0. The number of nitrogens with zero attached hydrogens (tertiary/aromatic N) is 2. The quantitative estimate of drug-likeness (QED) is 0.108. The summed E-state index contributed by atoms with van der Waals surface area (Å²) in [6.45, 7) is 4.33. The van der Waals surface area contributed by atoms with E-state index in [2.05, 4.69) is 0 Å². The number of rotatable bonds is 16. The van der Waals surface area contributed by atoms with E-state index >= 15 is 0 Å². The fraction of sp³-hybridized carbons (Fsp3) is 0.500. The Kier molecular flexibility index (Phi) is 13.7. The predicted octanol–water partition coefficient (Wildman–Crippen LogP) is 6.67. The minimum Gasteiger partial charge on any atom is -0.494 e. The summed E-state index contributed by atoms with van der Waals surface area (Å²) in [6, 6.07) is 6.45. The Bertz CT molecular complexity index is 1400. The normalized spacial score (nSPS) is 12.4. The summed E-state index contributed by atoms with van der Waals surface area (Å²) in [7, 11) is -13.6. The number of halogens is 6. The summed E-state index contributed by atoms with van der Waals surface area (Å²) < 4.78 is 140. The van der Waals surface area contributed by atoms with E-state index in [1.807, 2.05) is 13.8 Å². The van der Waals surface area contributed by atoms with Crippen molar-refractivity contribution in [2.24, 2.45) is 0 Å². The topological polar surface area (TPSA) is 127 Å². The van der Waals surface area contributed by atoms with Crippen LogP contribution in [0.3, 0.4) is 0 Å². The fourth-order valence-electron chi connectivity index (χ4n) is 3.90. The Morgan fingerprint density at radius 1 is 0.565 bits per heavy atom. The Labute approximate surface area is 263 Å². The Balaban J connectivity index is 2.52. The maximum Gasteiger partial charge on any atom is 0.517 e. The van der Waals surface area contributed by atoms with Gasteiger partial charge in [-0.2, -0.15) is 51.8 Å². The molecule has 10 nitrogen and oxygen atoms in total. The molecule has 0 heterocycles. The monoisotopic (exact) mass is 704 g/mol. The van der Waals surface area contributed by atoms with Gasteiger partial charge < -0.3 is 9.47 Å². The number of carbonyl (C=O) groups excluding carboxylic acids is 2. The standard InChI is InChI=1S/C28H34F6N2O8S2/c1-3-5-7-9-19-43-23-15-11-21(12-16-23)35(45(39,40)27(29,30)31)25(37)26(38)36(46(41,42)28(32,33)34)22-13-17-24(18-14-22)44-20-10-8-6-4-2/h11-18H,3-10,19-20H2,1-2H3. The largest absolute Gasteiger partial charge is 0.517 e. The molecule has 0 aliphatic heterocycles. The molecule has 0 aliphatic carbocycles. The van der Waals surface area contributed by atoms with Crippen LogP contribution in [0.5, 0.6) is 11.5 Å². The summed E-state index contributed by atoms with van der Waals surface area (Å²) in [5.41, 5.74) is -14.7. The molecule has 0 aromatic heterocycles. The summed E-state index contributed by atoms with van der Waals surface area (Å²) in [6.07, 6.45) is 6.57. The first-order chi connectivity index (χ1) is 21.4. The zero-order valence-electron chi connectivity index (χ0n) is 24.9. The number of hydrogen-bond acceptors (Lipinski definition) is 8. The van der Waals surface area contributed by atoms with Crippen LogP contribution in [0.25, 0.3) is 0 Å². The van der Waals surface area contributed by atoms with Gasteiger partial charge in [-0.3, -0.25) is 9.59 Å². The first kappa shape index (κ1) is 38.6. The third-order valence-corrected chi connectivity index (χ3v) is 9.18. The molecule has 0 bridgehead atoms. The van der Waals surface area contributed by atoms with E-state index in [-0.39, 0.29) is 24.7 Å². The van der Waals surface area contributed by atoms with Gasteiger partial charge in [-0.05, 0) is 61.4 Å². The molecular weight excluding hydrogens is 670 g/mol. The predicted molar refractivity (Wildman–Crippen MR) is 157 cm³/mol. The zero-order valence-corrected chi connectivity index (χ0v) is 26.6. The van der Waals surface area contributed by atoms with Gasteiger partial charge in [0.25, 0.3) is 0 Å². The molecule has 2 rings (SSSR count). The van der Waals surface area contributed by atoms with Crippen LogP contribution >= 0.6 is 0 Å². The summed E-state index contributed by atoms with van der Waals surface area (Å²) >= 11 is 0. The van der Waals surface area contributed by atoms with Gasteiger partial charge in [-0.1, -0.05) is 52.4 Å². The number of ether oxygens (including phenoxy) is 2. The van der Waals surface area contributed by atoms with Crippen LogP contribution in [-0.4, -0.2) is 52.9 Å². The number of carbonyl (C=O) groups is 2. The molecule has 0 N–H and O–H groups in total. The summed E-state index contributed by atoms with van der Waals surface area (Å²) in [5, 5.41) is 0. The van der Waals surface area contributed by atoms with E-state index in [0.717, 1.165) is 62.8 Å². The van der Waals surface area contributed by atoms with Crippen LogP contribution in [0.1, 0.15) is 65.2 Å². The van der Waals surface area contributed by atoms with E-state index in [0.29, 0.717) is 37.1 Å². The third kappa shape index (κ3) is 9.73. The van der Waals surface area contributed by atoms with Gasteiger partial charge in [0.1, 0.15) is 11.5 Å². The molecule has 0 saturated heterocycles. The summed E-state index contributed by atoms with van der Waals surface area (Å²) in [5.74, 6) is -5.43. The maximum atomic E-state index is 13.7. The SMILES string of the molecule is CCCCCCOc1ccc(N(C(=O)C(=O)N(c2ccc(OCCCCCC)cc2)S(=O)(=O)C(F)(F)F)S(=O)(=O)C(F)(F)F)cc1. The van der Waals surface area contributed by atoms with Gasteiger partial charge in [0.15, 0.2) is 0 Å². The highest BCUT2D eigenvalue weighted by Gasteiger charge is 2.58. The van der Waals surface area contributed by atoms with E-state index in [1.165, 1.54) is 0 Å². The minimum atomic E-state index is -6.80. The van der Waals surface area contributed by atoms with Crippen molar-refractivity contribution in [1.29, 1.82) is 0 Å². The highest BCUT2D eigenvalue weighted by Crippen LogP contribution is 2.35. The summed E-state index contributed by atoms with van der Waals surface area (Å²) in [4.78, 5) is 26.3. The van der Waals surface area contributed by atoms with Crippen molar-refractivity contribution in [2.75, 3.05) is 21.8 Å². The van der Waals surface area contributed by atoms with Crippen LogP contribution in [0, 0.1) is 0 Å². The van der Waals surface area contributed by atoms with Gasteiger partial charge in [0.05, 0.1) is 24.6 Å². The molecule has 0 atom stereocenters. The Morgan fingerprint density at radius 2 is 0.870 bits per heavy atom. The lowest BCUT2D eigenvalue weighted by atomic mass is 10.2. The molecule has 46 heavy (non-hydrogen) atoms. The molecule has 0 fully saturated rings. The molecule has 2 aromatic carbocycles. The van der Waals surface area contributed by atoms with Crippen molar-refractivity contribution < 1.29 is 62.2 Å². The van der Waals surface area contributed by atoms with E-state index in [1.54, 1.807) is 0 Å². The molecule has 0 aliphatic rings. The van der Waals surface area contributed by atoms with Gasteiger partial charge in [0.2, 0.25) is 0 Å². The smallest absolute Gasteiger partial charge is 0.494 e. The van der Waals surface area contributed by atoms with Crippen molar-refractivity contribution in [2.45, 2.75) is 76.2 Å². The Hall–Kier alpha value is -3.54. The Morgan fingerprint density at radius 3 is 1.13 bits per heavy atom. The molecule has 0 unspecified atom stereocenters. The van der Waals surface area contributed by atoms with Crippen molar-refractivity contribution in [3.63, 3.8) is 0 Å².